The summed E-state index contributed by atoms with van der Waals surface area (Å²) < 4.78 is 14.5. The lowest BCUT2D eigenvalue weighted by atomic mass is 10.0. The monoisotopic (exact) mass is 413 g/mol. The molecule has 2 fully saturated rings. The number of aromatic amines is 1. The molecule has 0 spiro atoms. The first-order valence-electron chi connectivity index (χ1n) is 9.75. The van der Waals surface area contributed by atoms with E-state index in [1.165, 1.54) is 18.9 Å². The van der Waals surface area contributed by atoms with Gasteiger partial charge in [0.05, 0.1) is 6.04 Å². The predicted molar refractivity (Wildman–Crippen MR) is 111 cm³/mol. The standard InChI is InChI=1S/C20H21ClFN7/c21-12-5-6-13(14(22)8-12)16-2-1-7-29(16)19-10-17(25-20(23)26-19)24-18-9-15(27-28-18)11-3-4-11/h5-6,8-11,16H,1-4,7H2,(H4,23,24,25,26,27,28). The summed E-state index contributed by atoms with van der Waals surface area (Å²) in [5.41, 5.74) is 7.71. The van der Waals surface area contributed by atoms with E-state index in [-0.39, 0.29) is 17.8 Å². The third-order valence-corrected chi connectivity index (χ3v) is 5.70. The molecule has 0 amide bonds. The van der Waals surface area contributed by atoms with E-state index in [2.05, 4.69) is 30.4 Å². The minimum Gasteiger partial charge on any atom is -0.368 e. The van der Waals surface area contributed by atoms with Crippen LogP contribution in [0.2, 0.25) is 5.02 Å². The first-order chi connectivity index (χ1) is 14.1. The molecule has 3 aromatic rings. The van der Waals surface area contributed by atoms with Gasteiger partial charge in [0, 0.05) is 40.9 Å². The van der Waals surface area contributed by atoms with Crippen LogP contribution in [0.5, 0.6) is 0 Å². The highest BCUT2D eigenvalue weighted by molar-refractivity contribution is 6.30. The number of hydrogen-bond donors (Lipinski definition) is 3. The third-order valence-electron chi connectivity index (χ3n) is 5.47. The second kappa shape index (κ2) is 7.18. The number of nitrogens with one attached hydrogen (secondary N) is 2. The van der Waals surface area contributed by atoms with E-state index >= 15 is 0 Å². The van der Waals surface area contributed by atoms with E-state index in [0.29, 0.717) is 34.0 Å². The van der Waals surface area contributed by atoms with Crippen molar-refractivity contribution in [3.63, 3.8) is 0 Å². The maximum Gasteiger partial charge on any atom is 0.223 e. The summed E-state index contributed by atoms with van der Waals surface area (Å²) in [6.07, 6.45) is 4.16. The zero-order chi connectivity index (χ0) is 20.0. The number of nitrogens with two attached hydrogens (primary N) is 1. The first-order valence-corrected chi connectivity index (χ1v) is 10.1. The second-order valence-corrected chi connectivity index (χ2v) is 8.03. The smallest absolute Gasteiger partial charge is 0.223 e. The molecule has 1 saturated carbocycles. The molecule has 29 heavy (non-hydrogen) atoms. The summed E-state index contributed by atoms with van der Waals surface area (Å²) >= 11 is 5.91. The fourth-order valence-electron chi connectivity index (χ4n) is 3.94. The Balaban J connectivity index is 1.42. The van der Waals surface area contributed by atoms with Gasteiger partial charge in [0.25, 0.3) is 0 Å². The molecule has 1 aliphatic heterocycles. The first kappa shape index (κ1) is 18.2. The molecule has 1 unspecified atom stereocenters. The number of nitrogen functional groups attached to an aromatic ring is 1. The molecular formula is C20H21ClFN7. The van der Waals surface area contributed by atoms with Crippen molar-refractivity contribution >= 4 is 35.0 Å². The number of anilines is 4. The van der Waals surface area contributed by atoms with E-state index in [4.69, 9.17) is 17.3 Å². The van der Waals surface area contributed by atoms with Crippen LogP contribution in [0.15, 0.2) is 30.3 Å². The number of aromatic nitrogens is 4. The average Bonchev–Trinajstić information content (AvgIpc) is 3.22. The third kappa shape index (κ3) is 3.72. The van der Waals surface area contributed by atoms with Crippen molar-refractivity contribution in [3.8, 4) is 0 Å². The summed E-state index contributed by atoms with van der Waals surface area (Å²) in [5, 5.41) is 10.9. The minimum atomic E-state index is -0.307. The van der Waals surface area contributed by atoms with Crippen LogP contribution < -0.4 is 16.0 Å². The molecule has 4 N–H and O–H groups in total. The van der Waals surface area contributed by atoms with E-state index in [1.807, 2.05) is 12.1 Å². The maximum atomic E-state index is 14.5. The zero-order valence-electron chi connectivity index (χ0n) is 15.7. The van der Waals surface area contributed by atoms with E-state index < -0.39 is 0 Å². The van der Waals surface area contributed by atoms with Crippen molar-refractivity contribution in [1.82, 2.24) is 20.2 Å². The number of rotatable bonds is 5. The van der Waals surface area contributed by atoms with Crippen molar-refractivity contribution in [1.29, 1.82) is 0 Å². The van der Waals surface area contributed by atoms with Crippen LogP contribution >= 0.6 is 11.6 Å². The number of nitrogens with zero attached hydrogens (tertiary/aromatic N) is 4. The van der Waals surface area contributed by atoms with Gasteiger partial charge in [0.2, 0.25) is 5.95 Å². The van der Waals surface area contributed by atoms with Gasteiger partial charge in [-0.1, -0.05) is 17.7 Å². The molecule has 5 rings (SSSR count). The van der Waals surface area contributed by atoms with Gasteiger partial charge >= 0.3 is 0 Å². The molecular weight excluding hydrogens is 393 g/mol. The molecule has 1 atom stereocenters. The molecule has 1 saturated heterocycles. The molecule has 9 heteroatoms. The molecule has 1 aliphatic carbocycles. The van der Waals surface area contributed by atoms with Gasteiger partial charge in [-0.3, -0.25) is 5.10 Å². The Labute approximate surface area is 172 Å². The Morgan fingerprint density at radius 1 is 1.14 bits per heavy atom. The molecule has 1 aromatic carbocycles. The summed E-state index contributed by atoms with van der Waals surface area (Å²) in [6, 6.07) is 8.51. The topological polar surface area (TPSA) is 95.7 Å². The Kier molecular flexibility index (Phi) is 4.50. The van der Waals surface area contributed by atoms with Gasteiger partial charge in [0.1, 0.15) is 17.5 Å². The highest BCUT2D eigenvalue weighted by Gasteiger charge is 2.30. The van der Waals surface area contributed by atoms with Gasteiger partial charge in [-0.15, -0.1) is 0 Å². The van der Waals surface area contributed by atoms with Crippen LogP contribution in [0.1, 0.15) is 48.9 Å². The normalized spacial score (nSPS) is 19.0. The van der Waals surface area contributed by atoms with E-state index in [0.717, 1.165) is 25.1 Å². The Hall–Kier alpha value is -2.87. The Morgan fingerprint density at radius 3 is 2.79 bits per heavy atom. The lowest BCUT2D eigenvalue weighted by Crippen LogP contribution is -2.25. The predicted octanol–water partition coefficient (Wildman–Crippen LogP) is 4.54. The Bertz CT molecular complexity index is 1050. The highest BCUT2D eigenvalue weighted by atomic mass is 35.5. The quantitative estimate of drug-likeness (QED) is 0.568. The largest absolute Gasteiger partial charge is 0.368 e. The summed E-state index contributed by atoms with van der Waals surface area (Å²) in [4.78, 5) is 10.7. The number of H-pyrrole nitrogens is 1. The van der Waals surface area contributed by atoms with Crippen LogP contribution in [0.3, 0.4) is 0 Å². The average molecular weight is 414 g/mol. The van der Waals surface area contributed by atoms with Gasteiger partial charge in [0.15, 0.2) is 5.82 Å². The van der Waals surface area contributed by atoms with Crippen molar-refractivity contribution < 1.29 is 4.39 Å². The van der Waals surface area contributed by atoms with Crippen LogP contribution in [0, 0.1) is 5.82 Å². The van der Waals surface area contributed by atoms with Gasteiger partial charge in [-0.05, 0) is 37.8 Å². The van der Waals surface area contributed by atoms with Crippen LogP contribution in [0.4, 0.5) is 27.8 Å². The number of halogens is 2. The van der Waals surface area contributed by atoms with E-state index in [1.54, 1.807) is 12.1 Å². The van der Waals surface area contributed by atoms with Gasteiger partial charge < -0.3 is 16.0 Å². The lowest BCUT2D eigenvalue weighted by Gasteiger charge is -2.27. The van der Waals surface area contributed by atoms with Crippen molar-refractivity contribution in [2.24, 2.45) is 0 Å². The lowest BCUT2D eigenvalue weighted by molar-refractivity contribution is 0.579. The molecule has 2 aliphatic rings. The summed E-state index contributed by atoms with van der Waals surface area (Å²) in [7, 11) is 0. The molecule has 0 radical (unpaired) electrons. The fourth-order valence-corrected chi connectivity index (χ4v) is 4.09. The van der Waals surface area contributed by atoms with Crippen molar-refractivity contribution in [2.45, 2.75) is 37.6 Å². The van der Waals surface area contributed by atoms with Crippen molar-refractivity contribution in [2.75, 3.05) is 22.5 Å². The highest BCUT2D eigenvalue weighted by Crippen LogP contribution is 2.40. The fraction of sp³-hybridized carbons (Fsp3) is 0.350. The molecule has 2 aromatic heterocycles. The van der Waals surface area contributed by atoms with Crippen LogP contribution in [0.25, 0.3) is 0 Å². The Morgan fingerprint density at radius 2 is 2.00 bits per heavy atom. The van der Waals surface area contributed by atoms with Gasteiger partial charge in [-0.2, -0.15) is 15.1 Å². The van der Waals surface area contributed by atoms with Crippen LogP contribution in [-0.4, -0.2) is 26.7 Å². The molecule has 0 bridgehead atoms. The zero-order valence-corrected chi connectivity index (χ0v) is 16.5. The summed E-state index contributed by atoms with van der Waals surface area (Å²) in [6.45, 7) is 0.761. The van der Waals surface area contributed by atoms with Crippen LogP contribution in [-0.2, 0) is 0 Å². The maximum absolute atomic E-state index is 14.5. The summed E-state index contributed by atoms with van der Waals surface area (Å²) in [5.74, 6) is 2.35. The number of hydrogen-bond acceptors (Lipinski definition) is 6. The minimum absolute atomic E-state index is 0.124. The SMILES string of the molecule is Nc1nc(Nc2cc(C3CC3)[nH]n2)cc(N2CCCC2c2ccc(Cl)cc2F)n1. The molecule has 150 valence electrons. The van der Waals surface area contributed by atoms with Gasteiger partial charge in [-0.25, -0.2) is 4.39 Å². The molecule has 7 nitrogen and oxygen atoms in total. The van der Waals surface area contributed by atoms with Crippen molar-refractivity contribution in [3.05, 3.63) is 52.4 Å². The number of benzene rings is 1. The second-order valence-electron chi connectivity index (χ2n) is 7.59. The molecule has 3 heterocycles. The van der Waals surface area contributed by atoms with E-state index in [9.17, 15) is 4.39 Å².